The molecule has 17 heavy (non-hydrogen) atoms. The van der Waals surface area contributed by atoms with Crippen molar-refractivity contribution < 1.29 is 5.11 Å². The normalized spacial score (nSPS) is 10.7. The second-order valence-corrected chi connectivity index (χ2v) is 5.18. The third kappa shape index (κ3) is 2.16. The minimum atomic E-state index is -0.593. The average Bonchev–Trinajstić information content (AvgIpc) is 2.67. The van der Waals surface area contributed by atoms with Gasteiger partial charge in [0.2, 0.25) is 5.88 Å². The molecule has 90 valence electrons. The molecule has 0 unspecified atom stereocenters. The lowest BCUT2D eigenvalue weighted by atomic mass is 10.3. The van der Waals surface area contributed by atoms with Gasteiger partial charge in [-0.05, 0) is 26.0 Å². The van der Waals surface area contributed by atoms with Gasteiger partial charge in [-0.25, -0.2) is 4.79 Å². The molecule has 2 rings (SSSR count). The van der Waals surface area contributed by atoms with Gasteiger partial charge in [-0.1, -0.05) is 0 Å². The quantitative estimate of drug-likeness (QED) is 0.836. The van der Waals surface area contributed by atoms with Crippen molar-refractivity contribution in [2.24, 2.45) is 0 Å². The number of aromatic hydroxyl groups is 1. The topological polar surface area (TPSA) is 75.1 Å². The number of H-pyrrole nitrogens is 1. The number of aromatic amines is 1. The number of hydrogen-bond donors (Lipinski definition) is 2. The Bertz CT molecular complexity index is 666. The van der Waals surface area contributed by atoms with Crippen molar-refractivity contribution in [2.45, 2.75) is 20.4 Å². The van der Waals surface area contributed by atoms with E-state index < -0.39 is 11.2 Å². The highest BCUT2D eigenvalue weighted by Gasteiger charge is 2.11. The van der Waals surface area contributed by atoms with E-state index in [0.717, 1.165) is 14.3 Å². The Morgan fingerprint density at radius 2 is 2.06 bits per heavy atom. The molecule has 0 aliphatic heterocycles. The zero-order valence-corrected chi connectivity index (χ0v) is 10.3. The first-order valence-electron chi connectivity index (χ1n) is 5.07. The van der Waals surface area contributed by atoms with Gasteiger partial charge >= 0.3 is 5.69 Å². The van der Waals surface area contributed by atoms with E-state index in [9.17, 15) is 14.7 Å². The van der Waals surface area contributed by atoms with Crippen molar-refractivity contribution >= 4 is 11.3 Å². The molecular formula is C11H12N2O3S. The Morgan fingerprint density at radius 1 is 1.35 bits per heavy atom. The molecule has 6 heteroatoms. The third-order valence-corrected chi connectivity index (χ3v) is 3.49. The summed E-state index contributed by atoms with van der Waals surface area (Å²) in [7, 11) is 0. The van der Waals surface area contributed by atoms with Gasteiger partial charge in [-0.15, -0.1) is 11.3 Å². The monoisotopic (exact) mass is 252 g/mol. The molecule has 0 saturated heterocycles. The van der Waals surface area contributed by atoms with Gasteiger partial charge < -0.3 is 5.11 Å². The molecule has 0 bridgehead atoms. The van der Waals surface area contributed by atoms with Crippen LogP contribution in [0.15, 0.2) is 21.7 Å². The molecule has 0 atom stereocenters. The Labute approximate surface area is 101 Å². The van der Waals surface area contributed by atoms with Crippen LogP contribution in [0.3, 0.4) is 0 Å². The first-order valence-corrected chi connectivity index (χ1v) is 5.88. The van der Waals surface area contributed by atoms with Crippen LogP contribution >= 0.6 is 11.3 Å². The van der Waals surface area contributed by atoms with Gasteiger partial charge in [0.05, 0.1) is 12.1 Å². The predicted octanol–water partition coefficient (Wildman–Crippen LogP) is 0.969. The number of hydrogen-bond acceptors (Lipinski definition) is 4. The van der Waals surface area contributed by atoms with Crippen LogP contribution < -0.4 is 11.2 Å². The van der Waals surface area contributed by atoms with Crippen LogP contribution in [-0.2, 0) is 6.54 Å². The number of nitrogens with one attached hydrogen (secondary N) is 1. The summed E-state index contributed by atoms with van der Waals surface area (Å²) in [5.41, 5.74) is -0.992. The van der Waals surface area contributed by atoms with Crippen molar-refractivity contribution in [1.29, 1.82) is 0 Å². The van der Waals surface area contributed by atoms with Crippen molar-refractivity contribution in [3.63, 3.8) is 0 Å². The molecule has 0 fully saturated rings. The van der Waals surface area contributed by atoms with E-state index in [2.05, 4.69) is 4.98 Å². The molecular weight excluding hydrogens is 240 g/mol. The molecule has 0 aliphatic rings. The fourth-order valence-corrected chi connectivity index (χ4v) is 2.41. The lowest BCUT2D eigenvalue weighted by molar-refractivity contribution is 0.405. The van der Waals surface area contributed by atoms with Crippen molar-refractivity contribution in [1.82, 2.24) is 9.55 Å². The molecule has 0 aromatic carbocycles. The van der Waals surface area contributed by atoms with Crippen LogP contribution in [0.4, 0.5) is 0 Å². The summed E-state index contributed by atoms with van der Waals surface area (Å²) in [4.78, 5) is 27.1. The van der Waals surface area contributed by atoms with Crippen LogP contribution in [0.25, 0.3) is 0 Å². The number of aryl methyl sites for hydroxylation is 1. The molecule has 0 aliphatic carbocycles. The molecule has 2 N–H and O–H groups in total. The largest absolute Gasteiger partial charge is 0.494 e. The maximum atomic E-state index is 11.6. The summed E-state index contributed by atoms with van der Waals surface area (Å²) in [5.74, 6) is -0.273. The molecule has 5 nitrogen and oxygen atoms in total. The van der Waals surface area contributed by atoms with Crippen LogP contribution in [0.5, 0.6) is 5.88 Å². The predicted molar refractivity (Wildman–Crippen MR) is 65.9 cm³/mol. The SMILES string of the molecule is Cc1ccc(Cn2c(O)c(C)c(=O)[nH]c2=O)s1. The maximum Gasteiger partial charge on any atom is 0.331 e. The van der Waals surface area contributed by atoms with Crippen molar-refractivity contribution in [2.75, 3.05) is 0 Å². The minimum Gasteiger partial charge on any atom is -0.494 e. The molecule has 2 heterocycles. The zero-order valence-electron chi connectivity index (χ0n) is 9.48. The van der Waals surface area contributed by atoms with Crippen LogP contribution in [0, 0.1) is 13.8 Å². The summed E-state index contributed by atoms with van der Waals surface area (Å²) < 4.78 is 1.15. The molecule has 2 aromatic heterocycles. The highest BCUT2D eigenvalue weighted by molar-refractivity contribution is 7.11. The van der Waals surface area contributed by atoms with E-state index in [0.29, 0.717) is 0 Å². The number of thiophene rings is 1. The molecule has 0 radical (unpaired) electrons. The second-order valence-electron chi connectivity index (χ2n) is 3.81. The number of rotatable bonds is 2. The van der Waals surface area contributed by atoms with Gasteiger partial charge in [0.25, 0.3) is 5.56 Å². The van der Waals surface area contributed by atoms with Crippen LogP contribution in [-0.4, -0.2) is 14.7 Å². The van der Waals surface area contributed by atoms with E-state index in [1.54, 1.807) is 11.3 Å². The molecule has 2 aromatic rings. The van der Waals surface area contributed by atoms with Crippen LogP contribution in [0.1, 0.15) is 15.3 Å². The molecule has 0 amide bonds. The lowest BCUT2D eigenvalue weighted by Crippen LogP contribution is -2.31. The molecule has 0 spiro atoms. The summed E-state index contributed by atoms with van der Waals surface area (Å²) >= 11 is 1.55. The number of aromatic nitrogens is 2. The first-order chi connectivity index (χ1) is 7.99. The van der Waals surface area contributed by atoms with E-state index in [4.69, 9.17) is 0 Å². The lowest BCUT2D eigenvalue weighted by Gasteiger charge is -2.07. The van der Waals surface area contributed by atoms with Gasteiger partial charge in [0.15, 0.2) is 0 Å². The Morgan fingerprint density at radius 3 is 2.65 bits per heavy atom. The molecule has 0 saturated carbocycles. The Kier molecular flexibility index (Phi) is 2.89. The standard InChI is InChI=1S/C11H12N2O3S/c1-6-3-4-8(17-6)5-13-10(15)7(2)9(14)12-11(13)16/h3-4,15H,5H2,1-2H3,(H,12,14,16). The summed E-state index contributed by atoms with van der Waals surface area (Å²) in [6.45, 7) is 3.71. The maximum absolute atomic E-state index is 11.6. The van der Waals surface area contributed by atoms with E-state index >= 15 is 0 Å². The van der Waals surface area contributed by atoms with Gasteiger partial charge in [-0.3, -0.25) is 14.3 Å². The highest BCUT2D eigenvalue weighted by Crippen LogP contribution is 2.18. The fraction of sp³-hybridized carbons (Fsp3) is 0.273. The second kappa shape index (κ2) is 4.21. The smallest absolute Gasteiger partial charge is 0.331 e. The third-order valence-electron chi connectivity index (χ3n) is 2.51. The van der Waals surface area contributed by atoms with Crippen molar-refractivity contribution in [3.05, 3.63) is 48.3 Å². The van der Waals surface area contributed by atoms with Gasteiger partial charge in [0.1, 0.15) is 0 Å². The first kappa shape index (κ1) is 11.7. The van der Waals surface area contributed by atoms with E-state index in [1.165, 1.54) is 6.92 Å². The minimum absolute atomic E-state index is 0.151. The van der Waals surface area contributed by atoms with Gasteiger partial charge in [-0.2, -0.15) is 0 Å². The Hall–Kier alpha value is -1.82. The van der Waals surface area contributed by atoms with Gasteiger partial charge in [0, 0.05) is 9.75 Å². The zero-order chi connectivity index (χ0) is 12.6. The fourth-order valence-electron chi connectivity index (χ4n) is 1.53. The van der Waals surface area contributed by atoms with Crippen LogP contribution in [0.2, 0.25) is 0 Å². The summed E-state index contributed by atoms with van der Waals surface area (Å²) in [6.07, 6.45) is 0. The average molecular weight is 252 g/mol. The van der Waals surface area contributed by atoms with E-state index in [-0.39, 0.29) is 18.0 Å². The summed E-state index contributed by atoms with van der Waals surface area (Å²) in [6, 6.07) is 3.84. The van der Waals surface area contributed by atoms with E-state index in [1.807, 2.05) is 19.1 Å². The number of nitrogens with zero attached hydrogens (tertiary/aromatic N) is 1. The summed E-state index contributed by atoms with van der Waals surface area (Å²) in [5, 5.41) is 9.77. The highest BCUT2D eigenvalue weighted by atomic mass is 32.1. The Balaban J connectivity index is 2.50. The van der Waals surface area contributed by atoms with Crippen molar-refractivity contribution in [3.8, 4) is 5.88 Å².